The monoisotopic (exact) mass is 602 g/mol. The molecule has 0 unspecified atom stereocenters. The molecular weight excluding hydrogens is 556 g/mol. The first kappa shape index (κ1) is 33.4. The van der Waals surface area contributed by atoms with E-state index in [2.05, 4.69) is 6.92 Å². The minimum Gasteiger partial charge on any atom is -0.452 e. The molecule has 3 aromatic carbocycles. The van der Waals surface area contributed by atoms with Gasteiger partial charge in [0.25, 0.3) is 0 Å². The number of hydrogen-bond donors (Lipinski definition) is 0. The summed E-state index contributed by atoms with van der Waals surface area (Å²) in [5.74, 6) is -1.08. The summed E-state index contributed by atoms with van der Waals surface area (Å²) in [4.78, 5) is 26.6. The standard InChI is InChI=1S/C37H46O7/c1-3-4-5-6-7-8-9-19-26-40-37-34(41-27-29-20-13-10-14-21-29)33(44-36(39)31-24-17-12-18-25-31)32(28(2)42-37)43-35(38)30-22-15-11-16-23-30/h10-18,20-25,28,32-34,37H,3-9,19,26-27H2,1-2H3/t28-,32+,33+,34-,37+/m0/s1. The average Bonchev–Trinajstić information content (AvgIpc) is 3.06. The number of benzene rings is 3. The highest BCUT2D eigenvalue weighted by molar-refractivity contribution is 5.90. The molecule has 7 heteroatoms. The Balaban J connectivity index is 1.51. The molecule has 0 N–H and O–H groups in total. The lowest BCUT2D eigenvalue weighted by Crippen LogP contribution is -2.61. The van der Waals surface area contributed by atoms with Gasteiger partial charge in [-0.1, -0.05) is 119 Å². The summed E-state index contributed by atoms with van der Waals surface area (Å²) in [5, 5.41) is 0. The van der Waals surface area contributed by atoms with Crippen LogP contribution in [0, 0.1) is 0 Å². The third-order valence-corrected chi connectivity index (χ3v) is 7.80. The van der Waals surface area contributed by atoms with Crippen LogP contribution < -0.4 is 0 Å². The molecule has 44 heavy (non-hydrogen) atoms. The van der Waals surface area contributed by atoms with Crippen molar-refractivity contribution in [3.8, 4) is 0 Å². The summed E-state index contributed by atoms with van der Waals surface area (Å²) in [7, 11) is 0. The first-order valence-corrected chi connectivity index (χ1v) is 16.0. The van der Waals surface area contributed by atoms with Gasteiger partial charge >= 0.3 is 11.9 Å². The van der Waals surface area contributed by atoms with E-state index in [9.17, 15) is 9.59 Å². The van der Waals surface area contributed by atoms with Gasteiger partial charge in [-0.3, -0.25) is 0 Å². The van der Waals surface area contributed by atoms with Gasteiger partial charge in [-0.2, -0.15) is 0 Å². The fraction of sp³-hybridized carbons (Fsp3) is 0.459. The Morgan fingerprint density at radius 1 is 0.614 bits per heavy atom. The highest BCUT2D eigenvalue weighted by atomic mass is 16.7. The van der Waals surface area contributed by atoms with Crippen LogP contribution >= 0.6 is 0 Å². The molecule has 4 rings (SSSR count). The molecule has 1 heterocycles. The van der Waals surface area contributed by atoms with Crippen LogP contribution in [0.4, 0.5) is 0 Å². The Hall–Kier alpha value is -3.52. The Morgan fingerprint density at radius 3 is 1.68 bits per heavy atom. The number of hydrogen-bond acceptors (Lipinski definition) is 7. The molecule has 1 aliphatic heterocycles. The smallest absolute Gasteiger partial charge is 0.338 e. The SMILES string of the molecule is CCCCCCCCCCO[C@@H]1O[C@@H](C)[C@@H](OC(=O)c2ccccc2)[C@@H](OC(=O)c2ccccc2)[C@@H]1OCc1ccccc1. The quantitative estimate of drug-likeness (QED) is 0.115. The molecule has 0 saturated carbocycles. The van der Waals surface area contributed by atoms with E-state index in [0.717, 1.165) is 24.8 Å². The number of unbranched alkanes of at least 4 members (excludes halogenated alkanes) is 7. The van der Waals surface area contributed by atoms with Gasteiger partial charge in [-0.15, -0.1) is 0 Å². The summed E-state index contributed by atoms with van der Waals surface area (Å²) < 4.78 is 31.1. The van der Waals surface area contributed by atoms with Crippen molar-refractivity contribution in [2.75, 3.05) is 6.61 Å². The highest BCUT2D eigenvalue weighted by Crippen LogP contribution is 2.31. The fourth-order valence-electron chi connectivity index (χ4n) is 5.31. The number of carbonyl (C=O) groups is 2. The third-order valence-electron chi connectivity index (χ3n) is 7.80. The van der Waals surface area contributed by atoms with Gasteiger partial charge in [0.05, 0.1) is 23.8 Å². The van der Waals surface area contributed by atoms with Crippen LogP contribution in [0.25, 0.3) is 0 Å². The molecule has 5 atom stereocenters. The third kappa shape index (κ3) is 10.3. The second-order valence-electron chi connectivity index (χ2n) is 11.3. The topological polar surface area (TPSA) is 80.3 Å². The molecule has 0 radical (unpaired) electrons. The van der Waals surface area contributed by atoms with Crippen molar-refractivity contribution in [3.05, 3.63) is 108 Å². The van der Waals surface area contributed by atoms with Crippen LogP contribution in [0.15, 0.2) is 91.0 Å². The Morgan fingerprint density at radius 2 is 1.11 bits per heavy atom. The van der Waals surface area contributed by atoms with Crippen molar-refractivity contribution in [1.82, 2.24) is 0 Å². The molecule has 0 aliphatic carbocycles. The van der Waals surface area contributed by atoms with Crippen LogP contribution in [-0.2, 0) is 30.3 Å². The molecule has 1 fully saturated rings. The minimum atomic E-state index is -0.980. The molecule has 3 aromatic rings. The fourth-order valence-corrected chi connectivity index (χ4v) is 5.31. The summed E-state index contributed by atoms with van der Waals surface area (Å²) in [6.07, 6.45) is 5.23. The summed E-state index contributed by atoms with van der Waals surface area (Å²) in [5.41, 5.74) is 1.72. The van der Waals surface area contributed by atoms with Crippen molar-refractivity contribution in [2.45, 2.75) is 103 Å². The predicted molar refractivity (Wildman–Crippen MR) is 169 cm³/mol. The first-order chi connectivity index (χ1) is 21.6. The summed E-state index contributed by atoms with van der Waals surface area (Å²) >= 11 is 0. The number of rotatable bonds is 17. The van der Waals surface area contributed by atoms with Crippen molar-refractivity contribution in [1.29, 1.82) is 0 Å². The van der Waals surface area contributed by atoms with Crippen LogP contribution in [0.2, 0.25) is 0 Å². The second kappa shape index (κ2) is 18.3. The van der Waals surface area contributed by atoms with Crippen molar-refractivity contribution < 1.29 is 33.3 Å². The average molecular weight is 603 g/mol. The van der Waals surface area contributed by atoms with Crippen molar-refractivity contribution in [2.24, 2.45) is 0 Å². The van der Waals surface area contributed by atoms with E-state index >= 15 is 0 Å². The molecule has 236 valence electrons. The van der Waals surface area contributed by atoms with Gasteiger partial charge in [0.1, 0.15) is 6.10 Å². The van der Waals surface area contributed by atoms with Gasteiger partial charge in [0.15, 0.2) is 18.5 Å². The van der Waals surface area contributed by atoms with E-state index in [1.54, 1.807) is 55.5 Å². The van der Waals surface area contributed by atoms with E-state index in [4.69, 9.17) is 23.7 Å². The van der Waals surface area contributed by atoms with Gasteiger partial charge in [0.2, 0.25) is 0 Å². The molecule has 0 bridgehead atoms. The molecule has 0 amide bonds. The molecule has 1 saturated heterocycles. The van der Waals surface area contributed by atoms with Crippen molar-refractivity contribution >= 4 is 11.9 Å². The number of esters is 2. The van der Waals surface area contributed by atoms with E-state index in [1.165, 1.54) is 32.1 Å². The Bertz CT molecular complexity index is 1230. The van der Waals surface area contributed by atoms with Crippen LogP contribution in [-0.4, -0.2) is 49.3 Å². The lowest BCUT2D eigenvalue weighted by Gasteiger charge is -2.44. The van der Waals surface area contributed by atoms with E-state index in [1.807, 2.05) is 42.5 Å². The highest BCUT2D eigenvalue weighted by Gasteiger charge is 2.50. The number of ether oxygens (including phenoxy) is 5. The van der Waals surface area contributed by atoms with Crippen molar-refractivity contribution in [3.63, 3.8) is 0 Å². The van der Waals surface area contributed by atoms with Gasteiger partial charge in [0, 0.05) is 6.61 Å². The number of carbonyl (C=O) groups excluding carboxylic acids is 2. The zero-order valence-corrected chi connectivity index (χ0v) is 26.0. The van der Waals surface area contributed by atoms with Crippen LogP contribution in [0.3, 0.4) is 0 Å². The maximum Gasteiger partial charge on any atom is 0.338 e. The first-order valence-electron chi connectivity index (χ1n) is 16.0. The zero-order valence-electron chi connectivity index (χ0n) is 26.0. The molecule has 0 spiro atoms. The van der Waals surface area contributed by atoms with E-state index in [-0.39, 0.29) is 6.61 Å². The van der Waals surface area contributed by atoms with Crippen LogP contribution in [0.5, 0.6) is 0 Å². The summed E-state index contributed by atoms with van der Waals surface area (Å²) in [6.45, 7) is 4.74. The molecule has 7 nitrogen and oxygen atoms in total. The predicted octanol–water partition coefficient (Wildman–Crippen LogP) is 7.93. The maximum atomic E-state index is 13.4. The van der Waals surface area contributed by atoms with Gasteiger partial charge in [-0.05, 0) is 43.2 Å². The lowest BCUT2D eigenvalue weighted by atomic mass is 9.98. The largest absolute Gasteiger partial charge is 0.452 e. The Labute approximate surface area is 261 Å². The molecule has 0 aromatic heterocycles. The van der Waals surface area contributed by atoms with E-state index in [0.29, 0.717) is 17.7 Å². The van der Waals surface area contributed by atoms with E-state index < -0.39 is 42.6 Å². The van der Waals surface area contributed by atoms with Crippen LogP contribution in [0.1, 0.15) is 91.5 Å². The second-order valence-corrected chi connectivity index (χ2v) is 11.3. The Kier molecular flexibility index (Phi) is 13.9. The molecular formula is C37H46O7. The zero-order chi connectivity index (χ0) is 31.0. The van der Waals surface area contributed by atoms with Gasteiger partial charge in [-0.25, -0.2) is 9.59 Å². The summed E-state index contributed by atoms with van der Waals surface area (Å²) in [6, 6.07) is 27.2. The normalized spacial score (nSPS) is 21.5. The maximum absolute atomic E-state index is 13.4. The lowest BCUT2D eigenvalue weighted by molar-refractivity contribution is -0.303. The minimum absolute atomic E-state index is 0.236. The molecule has 1 aliphatic rings. The van der Waals surface area contributed by atoms with Gasteiger partial charge < -0.3 is 23.7 Å².